The van der Waals surface area contributed by atoms with Gasteiger partial charge in [0.05, 0.1) is 5.69 Å². The Morgan fingerprint density at radius 3 is 2.44 bits per heavy atom. The van der Waals surface area contributed by atoms with E-state index in [0.717, 1.165) is 18.2 Å². The maximum atomic E-state index is 13.0. The molecule has 0 spiro atoms. The molecule has 18 heavy (non-hydrogen) atoms. The Hall–Kier alpha value is -2.08. The molecule has 0 saturated heterocycles. The molecule has 0 aliphatic carbocycles. The van der Waals surface area contributed by atoms with E-state index in [1.807, 2.05) is 0 Å². The van der Waals surface area contributed by atoms with Crippen molar-refractivity contribution in [3.05, 3.63) is 53.7 Å². The Bertz CT molecular complexity index is 581. The summed E-state index contributed by atoms with van der Waals surface area (Å²) in [6, 6.07) is 8.12. The van der Waals surface area contributed by atoms with E-state index in [9.17, 15) is 8.78 Å². The quantitative estimate of drug-likeness (QED) is 0.838. The summed E-state index contributed by atoms with van der Waals surface area (Å²) in [5, 5.41) is 2.77. The molecule has 6 heteroatoms. The van der Waals surface area contributed by atoms with Gasteiger partial charge in [-0.1, -0.05) is 18.3 Å². The third-order valence-electron chi connectivity index (χ3n) is 2.14. The normalized spacial score (nSPS) is 10.1. The summed E-state index contributed by atoms with van der Waals surface area (Å²) >= 11 is 4.80. The summed E-state index contributed by atoms with van der Waals surface area (Å²) < 4.78 is 26.0. The SMILES string of the molecule is NC(=S)c1cccc(Nc2cc(F)cc(F)c2)n1. The summed E-state index contributed by atoms with van der Waals surface area (Å²) in [4.78, 5) is 4.26. The minimum absolute atomic E-state index is 0.157. The second-order valence-electron chi connectivity index (χ2n) is 3.56. The number of benzene rings is 1. The van der Waals surface area contributed by atoms with Gasteiger partial charge in [0.1, 0.15) is 22.4 Å². The van der Waals surface area contributed by atoms with Gasteiger partial charge in [0, 0.05) is 11.8 Å². The molecular weight excluding hydrogens is 256 g/mol. The van der Waals surface area contributed by atoms with Crippen molar-refractivity contribution in [2.45, 2.75) is 0 Å². The number of rotatable bonds is 3. The second kappa shape index (κ2) is 5.05. The van der Waals surface area contributed by atoms with Crippen molar-refractivity contribution < 1.29 is 8.78 Å². The van der Waals surface area contributed by atoms with Crippen LogP contribution in [0.25, 0.3) is 0 Å². The molecule has 0 aliphatic heterocycles. The molecule has 0 amide bonds. The van der Waals surface area contributed by atoms with Gasteiger partial charge >= 0.3 is 0 Å². The molecule has 0 unspecified atom stereocenters. The first-order chi connectivity index (χ1) is 8.54. The fourth-order valence-corrected chi connectivity index (χ4v) is 1.53. The van der Waals surface area contributed by atoms with Crippen molar-refractivity contribution >= 4 is 28.7 Å². The standard InChI is InChI=1S/C12H9F2N3S/c13-7-4-8(14)6-9(5-7)16-11-3-1-2-10(17-11)12(15)18/h1-6H,(H2,15,18)(H,16,17). The van der Waals surface area contributed by atoms with Crippen LogP contribution in [-0.2, 0) is 0 Å². The lowest BCUT2D eigenvalue weighted by atomic mass is 10.3. The van der Waals surface area contributed by atoms with Crippen LogP contribution >= 0.6 is 12.2 Å². The van der Waals surface area contributed by atoms with Crippen molar-refractivity contribution in [3.8, 4) is 0 Å². The van der Waals surface area contributed by atoms with Crippen LogP contribution in [0.15, 0.2) is 36.4 Å². The zero-order chi connectivity index (χ0) is 13.1. The van der Waals surface area contributed by atoms with Gasteiger partial charge in [-0.2, -0.15) is 0 Å². The van der Waals surface area contributed by atoms with Crippen LogP contribution in [0.4, 0.5) is 20.3 Å². The van der Waals surface area contributed by atoms with E-state index in [1.54, 1.807) is 18.2 Å². The molecule has 0 atom stereocenters. The van der Waals surface area contributed by atoms with E-state index in [-0.39, 0.29) is 10.7 Å². The fraction of sp³-hybridized carbons (Fsp3) is 0. The predicted octanol–water partition coefficient (Wildman–Crippen LogP) is 2.74. The highest BCUT2D eigenvalue weighted by atomic mass is 32.1. The van der Waals surface area contributed by atoms with Crippen LogP contribution in [0.1, 0.15) is 5.69 Å². The average molecular weight is 265 g/mol. The molecule has 0 bridgehead atoms. The Labute approximate surface area is 108 Å². The van der Waals surface area contributed by atoms with Crippen LogP contribution in [-0.4, -0.2) is 9.97 Å². The van der Waals surface area contributed by atoms with Crippen LogP contribution < -0.4 is 11.1 Å². The van der Waals surface area contributed by atoms with E-state index in [2.05, 4.69) is 10.3 Å². The summed E-state index contributed by atoms with van der Waals surface area (Å²) in [5.41, 5.74) is 6.15. The zero-order valence-corrected chi connectivity index (χ0v) is 9.97. The van der Waals surface area contributed by atoms with Gasteiger partial charge in [-0.15, -0.1) is 0 Å². The molecular formula is C12H9F2N3S. The molecule has 92 valence electrons. The zero-order valence-electron chi connectivity index (χ0n) is 9.15. The maximum absolute atomic E-state index is 13.0. The molecule has 0 fully saturated rings. The highest BCUT2D eigenvalue weighted by molar-refractivity contribution is 7.80. The highest BCUT2D eigenvalue weighted by Crippen LogP contribution is 2.17. The van der Waals surface area contributed by atoms with Crippen LogP contribution in [0, 0.1) is 11.6 Å². The minimum Gasteiger partial charge on any atom is -0.388 e. The number of nitrogens with zero attached hydrogens (tertiary/aromatic N) is 1. The lowest BCUT2D eigenvalue weighted by Gasteiger charge is -2.07. The summed E-state index contributed by atoms with van der Waals surface area (Å²) in [5.74, 6) is -0.920. The summed E-state index contributed by atoms with van der Waals surface area (Å²) in [6.45, 7) is 0. The summed E-state index contributed by atoms with van der Waals surface area (Å²) in [6.07, 6.45) is 0. The molecule has 1 aromatic carbocycles. The van der Waals surface area contributed by atoms with E-state index < -0.39 is 11.6 Å². The van der Waals surface area contributed by atoms with Crippen molar-refractivity contribution in [3.63, 3.8) is 0 Å². The van der Waals surface area contributed by atoms with E-state index in [1.165, 1.54) is 0 Å². The topological polar surface area (TPSA) is 50.9 Å². The van der Waals surface area contributed by atoms with Gasteiger partial charge in [0.2, 0.25) is 0 Å². The van der Waals surface area contributed by atoms with Crippen LogP contribution in [0.2, 0.25) is 0 Å². The molecule has 1 aromatic heterocycles. The van der Waals surface area contributed by atoms with Gasteiger partial charge in [-0.25, -0.2) is 13.8 Å². The third-order valence-corrected chi connectivity index (χ3v) is 2.35. The third kappa shape index (κ3) is 2.98. The number of hydrogen-bond acceptors (Lipinski definition) is 3. The Morgan fingerprint density at radius 1 is 1.17 bits per heavy atom. The molecule has 2 rings (SSSR count). The van der Waals surface area contributed by atoms with E-state index >= 15 is 0 Å². The second-order valence-corrected chi connectivity index (χ2v) is 4.00. The lowest BCUT2D eigenvalue weighted by Crippen LogP contribution is -2.12. The van der Waals surface area contributed by atoms with E-state index in [0.29, 0.717) is 11.5 Å². The first-order valence-electron chi connectivity index (χ1n) is 5.04. The molecule has 1 heterocycles. The highest BCUT2D eigenvalue weighted by Gasteiger charge is 2.03. The van der Waals surface area contributed by atoms with Crippen LogP contribution in [0.3, 0.4) is 0 Å². The van der Waals surface area contributed by atoms with Crippen LogP contribution in [0.5, 0.6) is 0 Å². The Kier molecular flexibility index (Phi) is 3.47. The Morgan fingerprint density at radius 2 is 1.83 bits per heavy atom. The first-order valence-corrected chi connectivity index (χ1v) is 5.45. The van der Waals surface area contributed by atoms with E-state index in [4.69, 9.17) is 18.0 Å². The number of halogens is 2. The van der Waals surface area contributed by atoms with Gasteiger partial charge in [0.25, 0.3) is 0 Å². The number of nitrogens with one attached hydrogen (secondary N) is 1. The number of nitrogens with two attached hydrogens (primary N) is 1. The monoisotopic (exact) mass is 265 g/mol. The lowest BCUT2D eigenvalue weighted by molar-refractivity contribution is 0.584. The Balaban J connectivity index is 2.28. The molecule has 2 aromatic rings. The van der Waals surface area contributed by atoms with Crippen molar-refractivity contribution in [1.82, 2.24) is 4.98 Å². The predicted molar refractivity (Wildman–Crippen MR) is 69.8 cm³/mol. The molecule has 3 N–H and O–H groups in total. The van der Waals surface area contributed by atoms with Crippen molar-refractivity contribution in [2.75, 3.05) is 5.32 Å². The number of aromatic nitrogens is 1. The van der Waals surface area contributed by atoms with Gasteiger partial charge in [0.15, 0.2) is 0 Å². The minimum atomic E-state index is -0.664. The molecule has 0 aliphatic rings. The van der Waals surface area contributed by atoms with Gasteiger partial charge in [-0.05, 0) is 24.3 Å². The largest absolute Gasteiger partial charge is 0.388 e. The number of pyridine rings is 1. The maximum Gasteiger partial charge on any atom is 0.131 e. The fourth-order valence-electron chi connectivity index (χ4n) is 1.42. The van der Waals surface area contributed by atoms with Crippen molar-refractivity contribution in [1.29, 1.82) is 0 Å². The molecule has 3 nitrogen and oxygen atoms in total. The summed E-state index contributed by atoms with van der Waals surface area (Å²) in [7, 11) is 0. The smallest absolute Gasteiger partial charge is 0.131 e. The molecule has 0 saturated carbocycles. The molecule has 0 radical (unpaired) electrons. The number of hydrogen-bond donors (Lipinski definition) is 2. The van der Waals surface area contributed by atoms with Gasteiger partial charge < -0.3 is 11.1 Å². The number of anilines is 2. The van der Waals surface area contributed by atoms with Crippen molar-refractivity contribution in [2.24, 2.45) is 5.73 Å². The first kappa shape index (κ1) is 12.4. The average Bonchev–Trinajstić information content (AvgIpc) is 2.27. The number of thiocarbonyl (C=S) groups is 1. The van der Waals surface area contributed by atoms with Gasteiger partial charge in [-0.3, -0.25) is 0 Å².